The Morgan fingerprint density at radius 3 is 2.83 bits per heavy atom. The number of hydrogen-bond donors (Lipinski definition) is 1. The van der Waals surface area contributed by atoms with E-state index < -0.39 is 5.60 Å². The lowest BCUT2D eigenvalue weighted by atomic mass is 9.86. The zero-order chi connectivity index (χ0) is 20.9. The predicted octanol–water partition coefficient (Wildman–Crippen LogP) is 3.40. The lowest BCUT2D eigenvalue weighted by Gasteiger charge is -2.29. The molecule has 0 bridgehead atoms. The quantitative estimate of drug-likeness (QED) is 0.583. The second-order valence-electron chi connectivity index (χ2n) is 8.45. The standard InChI is InChI=1S/C21H29ClN4O3/c1-21(2,3)29-20(27)24-17-6-4-5-15(13-17)7-8-16-14-23-19(22)25-18(16)26-9-11-28-12-10-26/h14-15,17H,4-6,9-13H2,1-3H3,(H,24,27)/t15-,17-/m0/s1. The van der Waals surface area contributed by atoms with Crippen LogP contribution in [-0.4, -0.2) is 54.0 Å². The van der Waals surface area contributed by atoms with Gasteiger partial charge in [0.15, 0.2) is 0 Å². The van der Waals surface area contributed by atoms with Crippen LogP contribution in [0.5, 0.6) is 0 Å². The Morgan fingerprint density at radius 1 is 1.34 bits per heavy atom. The number of hydrogen-bond acceptors (Lipinski definition) is 6. The molecule has 29 heavy (non-hydrogen) atoms. The normalized spacial score (nSPS) is 22.4. The summed E-state index contributed by atoms with van der Waals surface area (Å²) in [5.41, 5.74) is 0.279. The van der Waals surface area contributed by atoms with Crippen LogP contribution in [0.15, 0.2) is 6.20 Å². The van der Waals surface area contributed by atoms with Gasteiger partial charge in [-0.1, -0.05) is 18.3 Å². The lowest BCUT2D eigenvalue weighted by Crippen LogP contribution is -2.41. The molecular formula is C21H29ClN4O3. The fraction of sp³-hybridized carbons (Fsp3) is 0.667. The van der Waals surface area contributed by atoms with E-state index in [1.54, 1.807) is 6.20 Å². The third-order valence-corrected chi connectivity index (χ3v) is 5.04. The summed E-state index contributed by atoms with van der Waals surface area (Å²) in [6.07, 6.45) is 5.12. The van der Waals surface area contributed by atoms with Crippen LogP contribution in [0.25, 0.3) is 0 Å². The molecule has 3 rings (SSSR count). The summed E-state index contributed by atoms with van der Waals surface area (Å²) in [7, 11) is 0. The van der Waals surface area contributed by atoms with Gasteiger partial charge in [-0.25, -0.2) is 9.78 Å². The molecule has 1 aromatic heterocycles. The van der Waals surface area contributed by atoms with Gasteiger partial charge in [0, 0.05) is 31.2 Å². The summed E-state index contributed by atoms with van der Waals surface area (Å²) in [6, 6.07) is 0.0816. The highest BCUT2D eigenvalue weighted by atomic mass is 35.5. The number of rotatable bonds is 2. The number of carbonyl (C=O) groups is 1. The molecule has 0 radical (unpaired) electrons. The molecular weight excluding hydrogens is 392 g/mol. The Balaban J connectivity index is 1.65. The zero-order valence-corrected chi connectivity index (χ0v) is 18.1. The number of nitrogens with zero attached hydrogens (tertiary/aromatic N) is 3. The maximum Gasteiger partial charge on any atom is 0.407 e. The average molecular weight is 421 g/mol. The fourth-order valence-electron chi connectivity index (χ4n) is 3.56. The van der Waals surface area contributed by atoms with Crippen LogP contribution in [0.1, 0.15) is 52.0 Å². The molecule has 1 aliphatic carbocycles. The van der Waals surface area contributed by atoms with Crippen molar-refractivity contribution in [2.75, 3.05) is 31.2 Å². The Bertz CT molecular complexity index is 778. The number of aromatic nitrogens is 2. The van der Waals surface area contributed by atoms with Gasteiger partial charge in [-0.15, -0.1) is 0 Å². The first-order valence-corrected chi connectivity index (χ1v) is 10.5. The van der Waals surface area contributed by atoms with Gasteiger partial charge >= 0.3 is 6.09 Å². The van der Waals surface area contributed by atoms with Crippen LogP contribution in [0.3, 0.4) is 0 Å². The van der Waals surface area contributed by atoms with Crippen LogP contribution in [0.2, 0.25) is 5.28 Å². The third kappa shape index (κ3) is 6.76. The first kappa shape index (κ1) is 21.7. The molecule has 0 spiro atoms. The van der Waals surface area contributed by atoms with Gasteiger partial charge in [0.05, 0.1) is 18.8 Å². The molecule has 158 valence electrons. The van der Waals surface area contributed by atoms with E-state index in [0.29, 0.717) is 13.2 Å². The summed E-state index contributed by atoms with van der Waals surface area (Å²) in [6.45, 7) is 8.43. The number of carbonyl (C=O) groups excluding carboxylic acids is 1. The maximum absolute atomic E-state index is 12.1. The summed E-state index contributed by atoms with van der Waals surface area (Å²) in [5, 5.41) is 3.20. The molecule has 1 saturated heterocycles. The topological polar surface area (TPSA) is 76.6 Å². The Morgan fingerprint density at radius 2 is 2.10 bits per heavy atom. The molecule has 8 heteroatoms. The number of anilines is 1. The minimum atomic E-state index is -0.498. The predicted molar refractivity (Wildman–Crippen MR) is 112 cm³/mol. The van der Waals surface area contributed by atoms with Gasteiger partial charge in [-0.2, -0.15) is 4.98 Å². The second kappa shape index (κ2) is 9.64. The van der Waals surface area contributed by atoms with Crippen LogP contribution in [0, 0.1) is 17.8 Å². The molecule has 1 aromatic rings. The second-order valence-corrected chi connectivity index (χ2v) is 8.79. The number of alkyl carbamates (subject to hydrolysis) is 1. The zero-order valence-electron chi connectivity index (χ0n) is 17.3. The highest BCUT2D eigenvalue weighted by Gasteiger charge is 2.25. The summed E-state index contributed by atoms with van der Waals surface area (Å²) >= 11 is 6.02. The van der Waals surface area contributed by atoms with Crippen molar-refractivity contribution >= 4 is 23.5 Å². The number of halogens is 1. The van der Waals surface area contributed by atoms with E-state index in [-0.39, 0.29) is 23.3 Å². The molecule has 1 saturated carbocycles. The van der Waals surface area contributed by atoms with Crippen molar-refractivity contribution in [2.45, 2.75) is 58.1 Å². The highest BCUT2D eigenvalue weighted by Crippen LogP contribution is 2.25. The molecule has 1 aliphatic heterocycles. The number of morpholine rings is 1. The first-order chi connectivity index (χ1) is 13.8. The Kier molecular flexibility index (Phi) is 7.20. The maximum atomic E-state index is 12.1. The molecule has 0 unspecified atom stereocenters. The van der Waals surface area contributed by atoms with Crippen molar-refractivity contribution in [1.82, 2.24) is 15.3 Å². The number of amides is 1. The van der Waals surface area contributed by atoms with Gasteiger partial charge in [-0.05, 0) is 51.6 Å². The van der Waals surface area contributed by atoms with Crippen LogP contribution in [-0.2, 0) is 9.47 Å². The van der Waals surface area contributed by atoms with E-state index >= 15 is 0 Å². The van der Waals surface area contributed by atoms with Crippen molar-refractivity contribution < 1.29 is 14.3 Å². The molecule has 0 aromatic carbocycles. The minimum Gasteiger partial charge on any atom is -0.444 e. The molecule has 1 N–H and O–H groups in total. The van der Waals surface area contributed by atoms with E-state index in [9.17, 15) is 4.79 Å². The van der Waals surface area contributed by atoms with Crippen molar-refractivity contribution in [1.29, 1.82) is 0 Å². The van der Waals surface area contributed by atoms with Gasteiger partial charge in [0.2, 0.25) is 5.28 Å². The SMILES string of the molecule is CC(C)(C)OC(=O)N[C@H]1CCC[C@@H](C#Cc2cnc(Cl)nc2N2CCOCC2)C1. The highest BCUT2D eigenvalue weighted by molar-refractivity contribution is 6.28. The van der Waals surface area contributed by atoms with Crippen LogP contribution >= 0.6 is 11.6 Å². The van der Waals surface area contributed by atoms with Gasteiger partial charge in [0.1, 0.15) is 11.4 Å². The largest absolute Gasteiger partial charge is 0.444 e. The molecule has 7 nitrogen and oxygen atoms in total. The van der Waals surface area contributed by atoms with Crippen molar-refractivity contribution in [3.8, 4) is 11.8 Å². The first-order valence-electron chi connectivity index (χ1n) is 10.2. The van der Waals surface area contributed by atoms with Crippen molar-refractivity contribution in [2.24, 2.45) is 5.92 Å². The van der Waals surface area contributed by atoms with Crippen molar-refractivity contribution in [3.05, 3.63) is 17.0 Å². The Hall–Kier alpha value is -2.04. The molecule has 2 aliphatic rings. The number of ether oxygens (including phenoxy) is 2. The van der Waals surface area contributed by atoms with Gasteiger partial charge in [-0.3, -0.25) is 0 Å². The summed E-state index contributed by atoms with van der Waals surface area (Å²) in [4.78, 5) is 22.7. The monoisotopic (exact) mass is 420 g/mol. The van der Waals surface area contributed by atoms with Gasteiger partial charge in [0.25, 0.3) is 0 Å². The minimum absolute atomic E-state index is 0.0816. The molecule has 1 amide bonds. The van der Waals surface area contributed by atoms with Crippen LogP contribution < -0.4 is 10.2 Å². The Labute approximate surface area is 177 Å². The average Bonchev–Trinajstić information content (AvgIpc) is 2.66. The van der Waals surface area contributed by atoms with E-state index in [4.69, 9.17) is 21.1 Å². The third-order valence-electron chi connectivity index (χ3n) is 4.86. The van der Waals surface area contributed by atoms with E-state index in [1.165, 1.54) is 0 Å². The molecule has 2 heterocycles. The molecule has 2 fully saturated rings. The van der Waals surface area contributed by atoms with Crippen LogP contribution in [0.4, 0.5) is 10.6 Å². The smallest absolute Gasteiger partial charge is 0.407 e. The van der Waals surface area contributed by atoms with E-state index in [1.807, 2.05) is 20.8 Å². The number of nitrogens with one attached hydrogen (secondary N) is 1. The van der Waals surface area contributed by atoms with E-state index in [0.717, 1.165) is 50.2 Å². The summed E-state index contributed by atoms with van der Waals surface area (Å²) in [5.74, 6) is 7.59. The van der Waals surface area contributed by atoms with E-state index in [2.05, 4.69) is 32.0 Å². The van der Waals surface area contributed by atoms with Gasteiger partial charge < -0.3 is 19.7 Å². The summed E-state index contributed by atoms with van der Waals surface area (Å²) < 4.78 is 10.8. The molecule has 2 atom stereocenters. The lowest BCUT2D eigenvalue weighted by molar-refractivity contribution is 0.0489. The fourth-order valence-corrected chi connectivity index (χ4v) is 3.69. The van der Waals surface area contributed by atoms with Crippen molar-refractivity contribution in [3.63, 3.8) is 0 Å².